The Kier molecular flexibility index (Phi) is 8.55. The number of rotatable bonds is 7. The molecule has 8 aromatic carbocycles. The molecule has 5 heteroatoms. The highest BCUT2D eigenvalue weighted by Gasteiger charge is 2.23. The maximum absolute atomic E-state index is 5.29. The van der Waals surface area contributed by atoms with Crippen molar-refractivity contribution in [3.05, 3.63) is 223 Å². The molecule has 2 aromatic heterocycles. The van der Waals surface area contributed by atoms with Crippen LogP contribution in [0.15, 0.2) is 216 Å². The second-order valence-electron chi connectivity index (χ2n) is 15.0. The van der Waals surface area contributed by atoms with Gasteiger partial charge in [0.1, 0.15) is 11.5 Å². The van der Waals surface area contributed by atoms with E-state index in [4.69, 9.17) is 20.0 Å². The third-order valence-electron chi connectivity index (χ3n) is 11.4. The van der Waals surface area contributed by atoms with E-state index in [1.54, 1.807) is 0 Å². The quantitative estimate of drug-likeness (QED) is 0.163. The van der Waals surface area contributed by atoms with Crippen molar-refractivity contribution in [1.82, 2.24) is 14.4 Å². The van der Waals surface area contributed by atoms with Crippen molar-refractivity contribution in [2.24, 2.45) is 9.98 Å². The third-order valence-corrected chi connectivity index (χ3v) is 11.4. The fraction of sp³-hybridized carbons (Fsp3) is 0.0370. The van der Waals surface area contributed by atoms with Crippen molar-refractivity contribution in [3.63, 3.8) is 0 Å². The maximum Gasteiger partial charge on any atom is 0.163 e. The van der Waals surface area contributed by atoms with Gasteiger partial charge < -0.3 is 0 Å². The number of aliphatic imine (C=N–C) groups is 2. The van der Waals surface area contributed by atoms with E-state index in [0.29, 0.717) is 5.82 Å². The van der Waals surface area contributed by atoms with Crippen molar-refractivity contribution < 1.29 is 0 Å². The lowest BCUT2D eigenvalue weighted by Gasteiger charge is -2.22. The molecule has 5 nitrogen and oxygen atoms in total. The summed E-state index contributed by atoms with van der Waals surface area (Å²) < 4.78 is 2.23. The number of benzene rings is 8. The largest absolute Gasteiger partial charge is 0.277 e. The molecule has 11 rings (SSSR count). The first-order chi connectivity index (χ1) is 29.2. The molecule has 0 saturated heterocycles. The zero-order chi connectivity index (χ0) is 39.1. The minimum absolute atomic E-state index is 0.0565. The van der Waals surface area contributed by atoms with Crippen molar-refractivity contribution >= 4 is 38.7 Å². The number of aromatic nitrogens is 3. The van der Waals surface area contributed by atoms with Gasteiger partial charge in [-0.1, -0.05) is 200 Å². The first kappa shape index (κ1) is 34.5. The van der Waals surface area contributed by atoms with Gasteiger partial charge in [0.15, 0.2) is 11.7 Å². The van der Waals surface area contributed by atoms with Crippen LogP contribution in [0.5, 0.6) is 0 Å². The van der Waals surface area contributed by atoms with Gasteiger partial charge in [0.05, 0.1) is 17.4 Å². The number of hydrogen-bond donors (Lipinski definition) is 0. The lowest BCUT2D eigenvalue weighted by molar-refractivity contribution is 0.754. The molecule has 0 radical (unpaired) electrons. The van der Waals surface area contributed by atoms with Gasteiger partial charge in [-0.2, -0.15) is 0 Å². The fourth-order valence-electron chi connectivity index (χ4n) is 8.38. The van der Waals surface area contributed by atoms with E-state index in [1.165, 1.54) is 10.8 Å². The lowest BCUT2D eigenvalue weighted by atomic mass is 9.94. The zero-order valence-corrected chi connectivity index (χ0v) is 32.2. The SMILES string of the molecule is c1ccc(C2=NC(c3ccc4ccccc4c3)=NC(c3ccc(-c4ccc(-c5nc(-c6ccccc6)n6c(-c7ccccc7)c7ccccc7c6n5)cc4)cc3)C2)cc1. The zero-order valence-electron chi connectivity index (χ0n) is 32.2. The number of hydrogen-bond acceptors (Lipinski definition) is 4. The molecule has 0 N–H and O–H groups in total. The summed E-state index contributed by atoms with van der Waals surface area (Å²) in [6.07, 6.45) is 0.730. The van der Waals surface area contributed by atoms with E-state index in [1.807, 2.05) is 12.1 Å². The summed E-state index contributed by atoms with van der Waals surface area (Å²) in [5.41, 5.74) is 11.7. The molecule has 1 aliphatic heterocycles. The molecule has 0 saturated carbocycles. The third kappa shape index (κ3) is 6.39. The fourth-order valence-corrected chi connectivity index (χ4v) is 8.38. The lowest BCUT2D eigenvalue weighted by Crippen LogP contribution is -2.17. The van der Waals surface area contributed by atoms with Gasteiger partial charge in [0.2, 0.25) is 0 Å². The molecular weight excluding hydrogens is 719 g/mol. The van der Waals surface area contributed by atoms with E-state index >= 15 is 0 Å². The minimum Gasteiger partial charge on any atom is -0.277 e. The average Bonchev–Trinajstić information content (AvgIpc) is 3.66. The molecule has 0 fully saturated rings. The highest BCUT2D eigenvalue weighted by molar-refractivity contribution is 6.15. The molecule has 1 unspecified atom stereocenters. The summed E-state index contributed by atoms with van der Waals surface area (Å²) in [5, 5.41) is 4.63. The van der Waals surface area contributed by atoms with Crippen LogP contribution in [0.3, 0.4) is 0 Å². The summed E-state index contributed by atoms with van der Waals surface area (Å²) in [6.45, 7) is 0. The first-order valence-electron chi connectivity index (χ1n) is 20.1. The van der Waals surface area contributed by atoms with Crippen molar-refractivity contribution in [2.75, 3.05) is 0 Å². The van der Waals surface area contributed by atoms with Gasteiger partial charge in [-0.3, -0.25) is 9.39 Å². The summed E-state index contributed by atoms with van der Waals surface area (Å²) in [5.74, 6) is 2.31. The van der Waals surface area contributed by atoms with Gasteiger partial charge in [-0.25, -0.2) is 15.0 Å². The second kappa shape index (κ2) is 14.6. The number of nitrogens with zero attached hydrogens (tertiary/aromatic N) is 5. The van der Waals surface area contributed by atoms with Crippen LogP contribution in [0.2, 0.25) is 0 Å². The summed E-state index contributed by atoms with van der Waals surface area (Å²) in [4.78, 5) is 20.9. The van der Waals surface area contributed by atoms with Crippen molar-refractivity contribution in [2.45, 2.75) is 12.5 Å². The molecule has 3 heterocycles. The number of fused-ring (bicyclic) bond motifs is 4. The monoisotopic (exact) mass is 755 g/mol. The Morgan fingerprint density at radius 1 is 0.424 bits per heavy atom. The van der Waals surface area contributed by atoms with Crippen LogP contribution in [-0.4, -0.2) is 25.9 Å². The summed E-state index contributed by atoms with van der Waals surface area (Å²) >= 11 is 0. The first-order valence-corrected chi connectivity index (χ1v) is 20.1. The minimum atomic E-state index is -0.0565. The van der Waals surface area contributed by atoms with Crippen LogP contribution in [0.4, 0.5) is 0 Å². The van der Waals surface area contributed by atoms with E-state index in [0.717, 1.165) is 90.4 Å². The summed E-state index contributed by atoms with van der Waals surface area (Å²) in [7, 11) is 0. The summed E-state index contributed by atoms with van der Waals surface area (Å²) in [6, 6.07) is 72.3. The Morgan fingerprint density at radius 3 is 1.69 bits per heavy atom. The molecule has 0 bridgehead atoms. The highest BCUT2D eigenvalue weighted by Crippen LogP contribution is 2.38. The Labute approximate surface area is 342 Å². The standard InChI is InChI=1S/C54H37N5/c1-4-15-39(16-5-1)48-35-49(56-52(55-48)45-33-28-36-14-10-11-21-44(36)34-45)40-29-24-37(25-30-40)38-26-31-42(32-27-38)51-57-53(43-19-8-3-9-20-43)59-50(41-17-6-2-7-18-41)46-22-12-13-23-47(46)54(59)58-51/h1-34,49H,35H2. The van der Waals surface area contributed by atoms with E-state index in [9.17, 15) is 0 Å². The van der Waals surface area contributed by atoms with Gasteiger partial charge >= 0.3 is 0 Å². The van der Waals surface area contributed by atoms with E-state index in [-0.39, 0.29) is 6.04 Å². The smallest absolute Gasteiger partial charge is 0.163 e. The van der Waals surface area contributed by atoms with Crippen LogP contribution in [0.1, 0.15) is 29.2 Å². The van der Waals surface area contributed by atoms with Gasteiger partial charge in [0.25, 0.3) is 0 Å². The van der Waals surface area contributed by atoms with Crippen LogP contribution in [0, 0.1) is 0 Å². The second-order valence-corrected chi connectivity index (χ2v) is 15.0. The van der Waals surface area contributed by atoms with Crippen LogP contribution < -0.4 is 0 Å². The molecule has 278 valence electrons. The topological polar surface area (TPSA) is 54.9 Å². The maximum atomic E-state index is 5.29. The van der Waals surface area contributed by atoms with E-state index in [2.05, 4.69) is 199 Å². The Bertz CT molecular complexity index is 3200. The molecule has 1 atom stereocenters. The van der Waals surface area contributed by atoms with E-state index < -0.39 is 0 Å². The highest BCUT2D eigenvalue weighted by atomic mass is 15.1. The Morgan fingerprint density at radius 2 is 0.983 bits per heavy atom. The van der Waals surface area contributed by atoms with Crippen LogP contribution in [0.25, 0.3) is 72.4 Å². The predicted molar refractivity (Wildman–Crippen MR) is 243 cm³/mol. The van der Waals surface area contributed by atoms with Crippen LogP contribution >= 0.6 is 0 Å². The predicted octanol–water partition coefficient (Wildman–Crippen LogP) is 13.1. The molecular formula is C54H37N5. The molecule has 0 aliphatic carbocycles. The van der Waals surface area contributed by atoms with Gasteiger partial charge in [-0.05, 0) is 44.7 Å². The van der Waals surface area contributed by atoms with Gasteiger partial charge in [0, 0.05) is 33.9 Å². The molecule has 0 spiro atoms. The van der Waals surface area contributed by atoms with Crippen molar-refractivity contribution in [3.8, 4) is 45.2 Å². The number of amidine groups is 1. The molecule has 1 aliphatic rings. The van der Waals surface area contributed by atoms with Crippen molar-refractivity contribution in [1.29, 1.82) is 0 Å². The Balaban J connectivity index is 0.940. The molecule has 59 heavy (non-hydrogen) atoms. The van der Waals surface area contributed by atoms with Crippen LogP contribution in [-0.2, 0) is 0 Å². The molecule has 10 aromatic rings. The van der Waals surface area contributed by atoms with Gasteiger partial charge in [-0.15, -0.1) is 0 Å². The normalized spacial score (nSPS) is 14.1. The average molecular weight is 756 g/mol. The Hall–Kier alpha value is -7.76. The molecule has 0 amide bonds.